The van der Waals surface area contributed by atoms with Crippen molar-refractivity contribution >= 4 is 46.2 Å². The summed E-state index contributed by atoms with van der Waals surface area (Å²) in [4.78, 5) is 20.2. The minimum Gasteiger partial charge on any atom is -0.430 e. The van der Waals surface area contributed by atoms with Gasteiger partial charge in [0.1, 0.15) is 0 Å². The van der Waals surface area contributed by atoms with E-state index in [-0.39, 0.29) is 11.7 Å². The second-order valence-corrected chi connectivity index (χ2v) is 5.94. The zero-order valence-electron chi connectivity index (χ0n) is 11.7. The van der Waals surface area contributed by atoms with Gasteiger partial charge in [0, 0.05) is 16.9 Å². The number of carbonyl (C=O) groups is 1. The van der Waals surface area contributed by atoms with Gasteiger partial charge in [0.05, 0.1) is 5.75 Å². The van der Waals surface area contributed by atoms with Gasteiger partial charge in [-0.3, -0.25) is 4.79 Å². The molecule has 5 nitrogen and oxygen atoms in total. The predicted molar refractivity (Wildman–Crippen MR) is 87.3 cm³/mol. The number of fused-ring (bicyclic) bond motifs is 1. The van der Waals surface area contributed by atoms with Crippen LogP contribution in [0.15, 0.2) is 46.2 Å². The summed E-state index contributed by atoms with van der Waals surface area (Å²) in [6.45, 7) is 1.91. The van der Waals surface area contributed by atoms with Gasteiger partial charge in [0.25, 0.3) is 5.22 Å². The number of pyridine rings is 1. The van der Waals surface area contributed by atoms with Gasteiger partial charge in [-0.15, -0.1) is 0 Å². The zero-order chi connectivity index (χ0) is 15.5. The molecular weight excluding hydrogens is 322 g/mol. The molecule has 112 valence electrons. The summed E-state index contributed by atoms with van der Waals surface area (Å²) in [5.41, 5.74) is 2.78. The third-order valence-electron chi connectivity index (χ3n) is 2.93. The topological polar surface area (TPSA) is 68.0 Å². The molecule has 0 aliphatic heterocycles. The molecule has 0 spiro atoms. The van der Waals surface area contributed by atoms with Crippen LogP contribution in [0, 0.1) is 6.92 Å². The molecule has 22 heavy (non-hydrogen) atoms. The van der Waals surface area contributed by atoms with Crippen LogP contribution in [0.1, 0.15) is 5.56 Å². The lowest BCUT2D eigenvalue weighted by Gasteiger charge is -2.05. The summed E-state index contributed by atoms with van der Waals surface area (Å²) in [6.07, 6.45) is 1.65. The van der Waals surface area contributed by atoms with Crippen LogP contribution in [-0.2, 0) is 4.79 Å². The molecule has 0 saturated carbocycles. The summed E-state index contributed by atoms with van der Waals surface area (Å²) in [6, 6.07) is 8.96. The molecule has 3 rings (SSSR count). The lowest BCUT2D eigenvalue weighted by Crippen LogP contribution is -2.14. The number of amides is 1. The first-order valence-electron chi connectivity index (χ1n) is 6.52. The average Bonchev–Trinajstić information content (AvgIpc) is 2.92. The zero-order valence-corrected chi connectivity index (χ0v) is 13.2. The third kappa shape index (κ3) is 3.40. The summed E-state index contributed by atoms with van der Waals surface area (Å²) in [5, 5.41) is 3.83. The smallest absolute Gasteiger partial charge is 0.258 e. The predicted octanol–water partition coefficient (Wildman–Crippen LogP) is 3.92. The normalized spacial score (nSPS) is 10.8. The summed E-state index contributed by atoms with van der Waals surface area (Å²) >= 11 is 7.24. The maximum atomic E-state index is 11.9. The highest BCUT2D eigenvalue weighted by Gasteiger charge is 2.10. The van der Waals surface area contributed by atoms with Crippen molar-refractivity contribution in [3.05, 3.63) is 47.1 Å². The van der Waals surface area contributed by atoms with Gasteiger partial charge < -0.3 is 9.73 Å². The third-order valence-corrected chi connectivity index (χ3v) is 4.16. The Labute approximate surface area is 136 Å². The number of nitrogens with one attached hydrogen (secondary N) is 1. The van der Waals surface area contributed by atoms with Crippen molar-refractivity contribution in [3.63, 3.8) is 0 Å². The standard InChI is InChI=1S/C15H12ClN3O2S/c1-9-4-5-10(7-11(9)16)18-13(20)8-22-15-19-14-12(21-15)3-2-6-17-14/h2-7H,8H2,1H3,(H,18,20). The van der Waals surface area contributed by atoms with Crippen molar-refractivity contribution in [2.24, 2.45) is 0 Å². The van der Waals surface area contributed by atoms with E-state index in [1.807, 2.05) is 19.1 Å². The number of aryl methyl sites for hydroxylation is 1. The molecule has 1 amide bonds. The van der Waals surface area contributed by atoms with Gasteiger partial charge in [-0.1, -0.05) is 29.4 Å². The monoisotopic (exact) mass is 333 g/mol. The fourth-order valence-corrected chi connectivity index (χ4v) is 2.61. The Balaban J connectivity index is 1.60. The van der Waals surface area contributed by atoms with Crippen molar-refractivity contribution < 1.29 is 9.21 Å². The number of anilines is 1. The van der Waals surface area contributed by atoms with Gasteiger partial charge in [-0.25, -0.2) is 4.98 Å². The van der Waals surface area contributed by atoms with Gasteiger partial charge in [-0.2, -0.15) is 4.98 Å². The van der Waals surface area contributed by atoms with Crippen molar-refractivity contribution in [2.75, 3.05) is 11.1 Å². The second-order valence-electron chi connectivity index (χ2n) is 4.61. The molecule has 0 fully saturated rings. The molecular formula is C15H12ClN3O2S. The molecule has 2 aromatic heterocycles. The number of rotatable bonds is 4. The number of carbonyl (C=O) groups excluding carboxylic acids is 1. The molecule has 0 atom stereocenters. The van der Waals surface area contributed by atoms with E-state index >= 15 is 0 Å². The summed E-state index contributed by atoms with van der Waals surface area (Å²) < 4.78 is 5.49. The number of thioether (sulfide) groups is 1. The summed E-state index contributed by atoms with van der Waals surface area (Å²) in [7, 11) is 0. The second kappa shape index (κ2) is 6.37. The highest BCUT2D eigenvalue weighted by molar-refractivity contribution is 7.99. The maximum Gasteiger partial charge on any atom is 0.258 e. The minimum atomic E-state index is -0.153. The Morgan fingerprint density at radius 1 is 1.41 bits per heavy atom. The van der Waals surface area contributed by atoms with Crippen LogP contribution < -0.4 is 5.32 Å². The average molecular weight is 334 g/mol. The van der Waals surface area contributed by atoms with Crippen LogP contribution in [0.2, 0.25) is 5.02 Å². The number of aromatic nitrogens is 2. The van der Waals surface area contributed by atoms with Crippen LogP contribution in [0.3, 0.4) is 0 Å². The van der Waals surface area contributed by atoms with Crippen molar-refractivity contribution in [3.8, 4) is 0 Å². The molecule has 1 N–H and O–H groups in total. The Morgan fingerprint density at radius 2 is 2.27 bits per heavy atom. The molecule has 3 aromatic rings. The molecule has 0 bridgehead atoms. The number of halogens is 1. The van der Waals surface area contributed by atoms with Crippen LogP contribution in [0.25, 0.3) is 11.2 Å². The Morgan fingerprint density at radius 3 is 3.05 bits per heavy atom. The number of oxazole rings is 1. The molecule has 1 aromatic carbocycles. The van der Waals surface area contributed by atoms with E-state index in [2.05, 4.69) is 15.3 Å². The Bertz CT molecular complexity index is 802. The highest BCUT2D eigenvalue weighted by Crippen LogP contribution is 2.23. The van der Waals surface area contributed by atoms with Crippen molar-refractivity contribution in [1.29, 1.82) is 0 Å². The molecule has 0 aliphatic rings. The molecule has 0 aliphatic carbocycles. The number of hydrogen-bond acceptors (Lipinski definition) is 5. The van der Waals surface area contributed by atoms with E-state index in [1.54, 1.807) is 24.4 Å². The number of hydrogen-bond donors (Lipinski definition) is 1. The number of benzene rings is 1. The molecule has 0 unspecified atom stereocenters. The van der Waals surface area contributed by atoms with Gasteiger partial charge in [-0.05, 0) is 36.8 Å². The van der Waals surface area contributed by atoms with Crippen LogP contribution in [0.4, 0.5) is 5.69 Å². The molecule has 0 saturated heterocycles. The quantitative estimate of drug-likeness (QED) is 0.733. The van der Waals surface area contributed by atoms with Crippen molar-refractivity contribution in [1.82, 2.24) is 9.97 Å². The first-order chi connectivity index (χ1) is 10.6. The van der Waals surface area contributed by atoms with E-state index in [1.165, 1.54) is 11.8 Å². The lowest BCUT2D eigenvalue weighted by molar-refractivity contribution is -0.113. The minimum absolute atomic E-state index is 0.153. The highest BCUT2D eigenvalue weighted by atomic mass is 35.5. The molecule has 0 radical (unpaired) electrons. The summed E-state index contributed by atoms with van der Waals surface area (Å²) in [5.74, 6) is 0.0401. The molecule has 2 heterocycles. The van der Waals surface area contributed by atoms with Gasteiger partial charge >= 0.3 is 0 Å². The maximum absolute atomic E-state index is 11.9. The first-order valence-corrected chi connectivity index (χ1v) is 7.88. The Kier molecular flexibility index (Phi) is 4.31. The molecule has 7 heteroatoms. The van der Waals surface area contributed by atoms with E-state index in [4.69, 9.17) is 16.0 Å². The Hall–Kier alpha value is -2.05. The van der Waals surface area contributed by atoms with Crippen LogP contribution in [-0.4, -0.2) is 21.6 Å². The van der Waals surface area contributed by atoms with Gasteiger partial charge in [0.15, 0.2) is 11.2 Å². The fraction of sp³-hybridized carbons (Fsp3) is 0.133. The van der Waals surface area contributed by atoms with Gasteiger partial charge in [0.2, 0.25) is 5.91 Å². The SMILES string of the molecule is Cc1ccc(NC(=O)CSc2nc3ncccc3o2)cc1Cl. The van der Waals surface area contributed by atoms with E-state index in [0.29, 0.717) is 27.2 Å². The van der Waals surface area contributed by atoms with E-state index in [0.717, 1.165) is 5.56 Å². The van der Waals surface area contributed by atoms with Crippen molar-refractivity contribution in [2.45, 2.75) is 12.1 Å². The largest absolute Gasteiger partial charge is 0.430 e. The number of nitrogens with zero attached hydrogens (tertiary/aromatic N) is 2. The fourth-order valence-electron chi connectivity index (χ4n) is 1.81. The first kappa shape index (κ1) is 14.9. The van der Waals surface area contributed by atoms with Crippen LogP contribution >= 0.6 is 23.4 Å². The van der Waals surface area contributed by atoms with Crippen LogP contribution in [0.5, 0.6) is 0 Å². The van der Waals surface area contributed by atoms with E-state index < -0.39 is 0 Å². The van der Waals surface area contributed by atoms with E-state index in [9.17, 15) is 4.79 Å². The lowest BCUT2D eigenvalue weighted by atomic mass is 10.2.